The van der Waals surface area contributed by atoms with Crippen molar-refractivity contribution in [3.05, 3.63) is 35.8 Å². The standard InChI is InChI=1S/C17H27N5O/c1-4-16-10-18-17(23-16)13-20(2)15-6-8-22(12-15)7-5-14-9-19-21(3)11-14/h9-11,15H,4-8,12-13H2,1-3H3. The molecule has 3 rings (SSSR count). The van der Waals surface area contributed by atoms with Gasteiger partial charge in [0.1, 0.15) is 5.76 Å². The Labute approximate surface area is 138 Å². The average Bonchev–Trinajstić information content (AvgIpc) is 3.25. The maximum atomic E-state index is 5.72. The Hall–Kier alpha value is -1.66. The highest BCUT2D eigenvalue weighted by atomic mass is 16.4. The molecule has 0 amide bonds. The van der Waals surface area contributed by atoms with E-state index >= 15 is 0 Å². The van der Waals surface area contributed by atoms with Gasteiger partial charge >= 0.3 is 0 Å². The van der Waals surface area contributed by atoms with Gasteiger partial charge in [0.15, 0.2) is 0 Å². The third kappa shape index (κ3) is 4.20. The molecular weight excluding hydrogens is 290 g/mol. The summed E-state index contributed by atoms with van der Waals surface area (Å²) in [5.41, 5.74) is 1.32. The largest absolute Gasteiger partial charge is 0.444 e. The van der Waals surface area contributed by atoms with E-state index in [1.807, 2.05) is 24.1 Å². The summed E-state index contributed by atoms with van der Waals surface area (Å²) in [6, 6.07) is 0.584. The van der Waals surface area contributed by atoms with Crippen LogP contribution in [0.4, 0.5) is 0 Å². The van der Waals surface area contributed by atoms with Gasteiger partial charge < -0.3 is 9.32 Å². The molecule has 1 aliphatic heterocycles. The van der Waals surface area contributed by atoms with Crippen LogP contribution in [-0.2, 0) is 26.4 Å². The molecule has 0 spiro atoms. The number of hydrogen-bond acceptors (Lipinski definition) is 5. The predicted molar refractivity (Wildman–Crippen MR) is 89.1 cm³/mol. The van der Waals surface area contributed by atoms with Gasteiger partial charge in [0.05, 0.1) is 18.9 Å². The second kappa shape index (κ2) is 7.27. The number of aryl methyl sites for hydroxylation is 2. The summed E-state index contributed by atoms with van der Waals surface area (Å²) >= 11 is 0. The number of rotatable bonds is 7. The molecule has 0 aromatic carbocycles. The number of hydrogen-bond donors (Lipinski definition) is 0. The number of nitrogens with zero attached hydrogens (tertiary/aromatic N) is 5. The minimum absolute atomic E-state index is 0.584. The van der Waals surface area contributed by atoms with Crippen LogP contribution in [0.1, 0.15) is 30.6 Å². The first-order valence-corrected chi connectivity index (χ1v) is 8.47. The van der Waals surface area contributed by atoms with E-state index in [2.05, 4.69) is 40.1 Å². The lowest BCUT2D eigenvalue weighted by molar-refractivity contribution is 0.206. The zero-order valence-corrected chi connectivity index (χ0v) is 14.4. The lowest BCUT2D eigenvalue weighted by atomic mass is 10.2. The SMILES string of the molecule is CCc1cnc(CN(C)C2CCN(CCc3cnn(C)c3)C2)o1. The van der Waals surface area contributed by atoms with Crippen LogP contribution in [0.2, 0.25) is 0 Å². The summed E-state index contributed by atoms with van der Waals surface area (Å²) in [6.45, 7) is 6.28. The van der Waals surface area contributed by atoms with Gasteiger partial charge in [-0.15, -0.1) is 0 Å². The van der Waals surface area contributed by atoms with Crippen molar-refractivity contribution in [1.29, 1.82) is 0 Å². The normalized spacial score (nSPS) is 19.0. The molecule has 0 N–H and O–H groups in total. The van der Waals surface area contributed by atoms with Crippen molar-refractivity contribution in [2.75, 3.05) is 26.7 Å². The third-order valence-corrected chi connectivity index (χ3v) is 4.68. The molecule has 1 unspecified atom stereocenters. The molecule has 2 aromatic heterocycles. The van der Waals surface area contributed by atoms with Gasteiger partial charge in [-0.05, 0) is 32.0 Å². The maximum Gasteiger partial charge on any atom is 0.208 e. The quantitative estimate of drug-likeness (QED) is 0.778. The van der Waals surface area contributed by atoms with Crippen molar-refractivity contribution in [3.63, 3.8) is 0 Å². The zero-order chi connectivity index (χ0) is 16.2. The van der Waals surface area contributed by atoms with E-state index in [-0.39, 0.29) is 0 Å². The summed E-state index contributed by atoms with van der Waals surface area (Å²) in [4.78, 5) is 9.28. The number of likely N-dealkylation sites (tertiary alicyclic amines) is 1. The Kier molecular flexibility index (Phi) is 5.13. The van der Waals surface area contributed by atoms with Crippen LogP contribution in [0.25, 0.3) is 0 Å². The van der Waals surface area contributed by atoms with Gasteiger partial charge in [-0.1, -0.05) is 6.92 Å². The van der Waals surface area contributed by atoms with E-state index in [9.17, 15) is 0 Å². The van der Waals surface area contributed by atoms with E-state index in [1.165, 1.54) is 18.5 Å². The lowest BCUT2D eigenvalue weighted by Gasteiger charge is -2.23. The molecule has 2 aromatic rings. The Balaban J connectivity index is 1.44. The van der Waals surface area contributed by atoms with Crippen molar-refractivity contribution >= 4 is 0 Å². The van der Waals surface area contributed by atoms with Gasteiger partial charge in [0.25, 0.3) is 0 Å². The molecule has 0 aliphatic carbocycles. The highest BCUT2D eigenvalue weighted by molar-refractivity contribution is 5.04. The second-order valence-corrected chi connectivity index (χ2v) is 6.50. The van der Waals surface area contributed by atoms with E-state index in [1.54, 1.807) is 0 Å². The molecule has 6 nitrogen and oxygen atoms in total. The molecule has 23 heavy (non-hydrogen) atoms. The zero-order valence-electron chi connectivity index (χ0n) is 14.4. The summed E-state index contributed by atoms with van der Waals surface area (Å²) in [6.07, 6.45) is 9.11. The van der Waals surface area contributed by atoms with Crippen molar-refractivity contribution in [1.82, 2.24) is 24.6 Å². The van der Waals surface area contributed by atoms with Crippen LogP contribution in [0.15, 0.2) is 23.0 Å². The fraction of sp³-hybridized carbons (Fsp3) is 0.647. The Morgan fingerprint density at radius 3 is 2.96 bits per heavy atom. The van der Waals surface area contributed by atoms with E-state index in [0.29, 0.717) is 6.04 Å². The summed E-state index contributed by atoms with van der Waals surface area (Å²) in [5, 5.41) is 4.23. The Morgan fingerprint density at radius 1 is 1.39 bits per heavy atom. The highest BCUT2D eigenvalue weighted by Gasteiger charge is 2.26. The van der Waals surface area contributed by atoms with Gasteiger partial charge in [0.2, 0.25) is 5.89 Å². The Bertz CT molecular complexity index is 620. The molecule has 0 bridgehead atoms. The van der Waals surface area contributed by atoms with Crippen LogP contribution >= 0.6 is 0 Å². The molecule has 0 radical (unpaired) electrons. The minimum Gasteiger partial charge on any atom is -0.444 e. The average molecular weight is 317 g/mol. The number of likely N-dealkylation sites (N-methyl/N-ethyl adjacent to an activating group) is 1. The fourth-order valence-electron chi connectivity index (χ4n) is 3.19. The van der Waals surface area contributed by atoms with Crippen LogP contribution in [0.5, 0.6) is 0 Å². The smallest absolute Gasteiger partial charge is 0.208 e. The molecule has 1 aliphatic rings. The number of aromatic nitrogens is 3. The van der Waals surface area contributed by atoms with Crippen LogP contribution in [0.3, 0.4) is 0 Å². The molecule has 6 heteroatoms. The van der Waals surface area contributed by atoms with E-state index in [4.69, 9.17) is 4.42 Å². The van der Waals surface area contributed by atoms with Crippen molar-refractivity contribution in [2.45, 2.75) is 38.8 Å². The first-order valence-electron chi connectivity index (χ1n) is 8.47. The molecule has 1 saturated heterocycles. The highest BCUT2D eigenvalue weighted by Crippen LogP contribution is 2.17. The summed E-state index contributed by atoms with van der Waals surface area (Å²) in [5.74, 6) is 1.80. The summed E-state index contributed by atoms with van der Waals surface area (Å²) < 4.78 is 7.59. The topological polar surface area (TPSA) is 50.3 Å². The lowest BCUT2D eigenvalue weighted by Crippen LogP contribution is -2.34. The second-order valence-electron chi connectivity index (χ2n) is 6.50. The molecule has 1 atom stereocenters. The monoisotopic (exact) mass is 317 g/mol. The first-order chi connectivity index (χ1) is 11.1. The molecular formula is C17H27N5O. The summed E-state index contributed by atoms with van der Waals surface area (Å²) in [7, 11) is 4.14. The first kappa shape index (κ1) is 16.2. The number of oxazole rings is 1. The van der Waals surface area contributed by atoms with E-state index < -0.39 is 0 Å². The predicted octanol–water partition coefficient (Wildman–Crippen LogP) is 1.72. The van der Waals surface area contributed by atoms with Gasteiger partial charge in [-0.2, -0.15) is 5.10 Å². The van der Waals surface area contributed by atoms with Gasteiger partial charge in [0, 0.05) is 38.8 Å². The Morgan fingerprint density at radius 2 is 2.26 bits per heavy atom. The molecule has 3 heterocycles. The van der Waals surface area contributed by atoms with Gasteiger partial charge in [-0.3, -0.25) is 9.58 Å². The molecule has 126 valence electrons. The van der Waals surface area contributed by atoms with Crippen molar-refractivity contribution < 1.29 is 4.42 Å². The maximum absolute atomic E-state index is 5.72. The van der Waals surface area contributed by atoms with Crippen LogP contribution in [-0.4, -0.2) is 57.3 Å². The fourth-order valence-corrected chi connectivity index (χ4v) is 3.19. The minimum atomic E-state index is 0.584. The van der Waals surface area contributed by atoms with Crippen molar-refractivity contribution in [2.24, 2.45) is 7.05 Å². The molecule has 0 saturated carbocycles. The molecule has 1 fully saturated rings. The van der Waals surface area contributed by atoms with Crippen molar-refractivity contribution in [3.8, 4) is 0 Å². The van der Waals surface area contributed by atoms with Gasteiger partial charge in [-0.25, -0.2) is 4.98 Å². The van der Waals surface area contributed by atoms with Crippen LogP contribution in [0, 0.1) is 0 Å². The van der Waals surface area contributed by atoms with E-state index in [0.717, 1.165) is 44.1 Å². The third-order valence-electron chi connectivity index (χ3n) is 4.68. The van der Waals surface area contributed by atoms with Crippen LogP contribution < -0.4 is 0 Å².